The molecule has 130 valence electrons. The molecule has 0 spiro atoms. The van der Waals surface area contributed by atoms with Crippen LogP contribution in [-0.2, 0) is 12.3 Å². The van der Waals surface area contributed by atoms with Gasteiger partial charge in [-0.15, -0.1) is 0 Å². The molecule has 0 aliphatic rings. The molecule has 7 heteroatoms. The van der Waals surface area contributed by atoms with Crippen LogP contribution in [0.15, 0.2) is 75.4 Å². The van der Waals surface area contributed by atoms with Crippen LogP contribution in [0.25, 0.3) is 11.2 Å². The number of hydrogen-bond donors (Lipinski definition) is 2. The van der Waals surface area contributed by atoms with Crippen LogP contribution in [0.5, 0.6) is 0 Å². The molecule has 4 aromatic rings. The number of nitrogens with zero attached hydrogens (tertiary/aromatic N) is 2. The van der Waals surface area contributed by atoms with Crippen molar-refractivity contribution < 1.29 is 0 Å². The first kappa shape index (κ1) is 16.4. The Hall–Kier alpha value is -3.06. The van der Waals surface area contributed by atoms with Crippen molar-refractivity contribution in [3.8, 4) is 0 Å². The second kappa shape index (κ2) is 7.05. The Labute approximate surface area is 152 Å². The molecule has 2 aromatic carbocycles. The molecule has 4 rings (SSSR count). The smallest absolute Gasteiger partial charge is 0.327 e. The van der Waals surface area contributed by atoms with Crippen LogP contribution in [0, 0.1) is 0 Å². The van der Waals surface area contributed by atoms with Crippen molar-refractivity contribution in [1.29, 1.82) is 0 Å². The third-order valence-electron chi connectivity index (χ3n) is 4.01. The lowest BCUT2D eigenvalue weighted by Crippen LogP contribution is -2.30. The van der Waals surface area contributed by atoms with E-state index in [1.165, 1.54) is 16.3 Å². The van der Waals surface area contributed by atoms with E-state index >= 15 is 0 Å². The Bertz CT molecular complexity index is 1150. The minimum atomic E-state index is -0.461. The number of nitrogens with one attached hydrogen (secondary N) is 2. The lowest BCUT2D eigenvalue weighted by Gasteiger charge is -2.05. The largest absolute Gasteiger partial charge is 0.330 e. The van der Waals surface area contributed by atoms with Crippen molar-refractivity contribution in [2.45, 2.75) is 17.5 Å². The molecular weight excluding hydrogens is 348 g/mol. The summed E-state index contributed by atoms with van der Waals surface area (Å²) >= 11 is 1.49. The Balaban J connectivity index is 1.70. The standard InChI is InChI=1S/C19H16N4O2S/c24-17-15-16(21-18(20-15)26-12-14-9-5-2-6-10-14)23(19(25)22-17)11-13-7-3-1-4-8-13/h1-10H,11-12H2,(H,20,21)(H,22,24,25). The van der Waals surface area contributed by atoms with E-state index in [1.807, 2.05) is 60.7 Å². The molecule has 0 atom stereocenters. The van der Waals surface area contributed by atoms with Crippen LogP contribution in [0.1, 0.15) is 11.1 Å². The quantitative estimate of drug-likeness (QED) is 0.534. The summed E-state index contributed by atoms with van der Waals surface area (Å²) in [4.78, 5) is 34.3. The third-order valence-corrected chi connectivity index (χ3v) is 4.96. The second-order valence-corrected chi connectivity index (χ2v) is 6.81. The van der Waals surface area contributed by atoms with Crippen LogP contribution in [0.2, 0.25) is 0 Å². The molecule has 0 aliphatic carbocycles. The van der Waals surface area contributed by atoms with E-state index in [2.05, 4.69) is 15.0 Å². The predicted molar refractivity (Wildman–Crippen MR) is 103 cm³/mol. The fourth-order valence-electron chi connectivity index (χ4n) is 2.73. The maximum absolute atomic E-state index is 12.3. The Kier molecular flexibility index (Phi) is 4.45. The third kappa shape index (κ3) is 3.34. The summed E-state index contributed by atoms with van der Waals surface area (Å²) in [6.45, 7) is 0.348. The van der Waals surface area contributed by atoms with E-state index in [1.54, 1.807) is 0 Å². The molecule has 6 nitrogen and oxygen atoms in total. The maximum Gasteiger partial charge on any atom is 0.330 e. The van der Waals surface area contributed by atoms with Gasteiger partial charge in [0.2, 0.25) is 0 Å². The van der Waals surface area contributed by atoms with Crippen LogP contribution in [0.4, 0.5) is 0 Å². The van der Waals surface area contributed by atoms with Crippen LogP contribution < -0.4 is 11.2 Å². The molecule has 0 radical (unpaired) electrons. The number of H-pyrrole nitrogens is 2. The minimum absolute atomic E-state index is 0.316. The minimum Gasteiger partial charge on any atom is -0.327 e. The van der Waals surface area contributed by atoms with Gasteiger partial charge in [0.25, 0.3) is 5.56 Å². The first-order valence-corrected chi connectivity index (χ1v) is 9.13. The predicted octanol–water partition coefficient (Wildman–Crippen LogP) is 2.75. The first-order chi connectivity index (χ1) is 12.7. The Morgan fingerprint density at radius 3 is 2.23 bits per heavy atom. The Morgan fingerprint density at radius 1 is 0.885 bits per heavy atom. The van der Waals surface area contributed by atoms with E-state index in [9.17, 15) is 9.59 Å². The van der Waals surface area contributed by atoms with Gasteiger partial charge in [0, 0.05) is 5.75 Å². The van der Waals surface area contributed by atoms with Gasteiger partial charge in [0.1, 0.15) is 0 Å². The SMILES string of the molecule is O=c1[nH]c(=O)n(Cc2ccccc2)c2nc(SCc3ccccc3)[nH]c12. The monoisotopic (exact) mass is 364 g/mol. The molecule has 0 amide bonds. The van der Waals surface area contributed by atoms with Gasteiger partial charge in [-0.05, 0) is 11.1 Å². The van der Waals surface area contributed by atoms with Crippen molar-refractivity contribution in [2.75, 3.05) is 0 Å². The van der Waals surface area contributed by atoms with Gasteiger partial charge in [-0.3, -0.25) is 14.3 Å². The van der Waals surface area contributed by atoms with E-state index in [4.69, 9.17) is 0 Å². The Morgan fingerprint density at radius 2 is 1.54 bits per heavy atom. The van der Waals surface area contributed by atoms with Gasteiger partial charge in [-0.1, -0.05) is 72.4 Å². The van der Waals surface area contributed by atoms with Gasteiger partial charge in [0.15, 0.2) is 16.3 Å². The zero-order valence-electron chi connectivity index (χ0n) is 13.8. The van der Waals surface area contributed by atoms with E-state index in [-0.39, 0.29) is 0 Å². The highest BCUT2D eigenvalue weighted by molar-refractivity contribution is 7.98. The molecule has 2 aromatic heterocycles. The van der Waals surface area contributed by atoms with Crippen molar-refractivity contribution in [2.24, 2.45) is 0 Å². The lowest BCUT2D eigenvalue weighted by atomic mass is 10.2. The molecule has 0 aliphatic heterocycles. The number of hydrogen-bond acceptors (Lipinski definition) is 4. The topological polar surface area (TPSA) is 83.5 Å². The van der Waals surface area contributed by atoms with Gasteiger partial charge in [-0.25, -0.2) is 9.78 Å². The summed E-state index contributed by atoms with van der Waals surface area (Å²) in [6, 6.07) is 19.6. The summed E-state index contributed by atoms with van der Waals surface area (Å²) in [6.07, 6.45) is 0. The van der Waals surface area contributed by atoms with Crippen LogP contribution in [0.3, 0.4) is 0 Å². The summed E-state index contributed by atoms with van der Waals surface area (Å²) in [5.74, 6) is 0.724. The van der Waals surface area contributed by atoms with Crippen molar-refractivity contribution >= 4 is 22.9 Å². The van der Waals surface area contributed by atoms with Gasteiger partial charge >= 0.3 is 5.69 Å². The normalized spacial score (nSPS) is 11.1. The number of rotatable bonds is 5. The molecule has 0 saturated carbocycles. The van der Waals surface area contributed by atoms with E-state index in [0.717, 1.165) is 16.9 Å². The van der Waals surface area contributed by atoms with Crippen molar-refractivity contribution in [3.05, 3.63) is 92.6 Å². The zero-order chi connectivity index (χ0) is 17.9. The highest BCUT2D eigenvalue weighted by Gasteiger charge is 2.13. The van der Waals surface area contributed by atoms with E-state index < -0.39 is 11.2 Å². The molecule has 0 saturated heterocycles. The average Bonchev–Trinajstić information content (AvgIpc) is 3.10. The molecule has 0 fully saturated rings. The fraction of sp³-hybridized carbons (Fsp3) is 0.105. The van der Waals surface area contributed by atoms with Crippen LogP contribution in [-0.4, -0.2) is 19.5 Å². The highest BCUT2D eigenvalue weighted by atomic mass is 32.2. The second-order valence-electron chi connectivity index (χ2n) is 5.85. The number of aromatic amines is 2. The number of benzene rings is 2. The lowest BCUT2D eigenvalue weighted by molar-refractivity contribution is 0.747. The molecular formula is C19H16N4O2S. The summed E-state index contributed by atoms with van der Waals surface area (Å²) in [5.41, 5.74) is 1.90. The van der Waals surface area contributed by atoms with Crippen LogP contribution >= 0.6 is 11.8 Å². The summed E-state index contributed by atoms with van der Waals surface area (Å²) < 4.78 is 1.48. The van der Waals surface area contributed by atoms with E-state index in [0.29, 0.717) is 22.9 Å². The molecule has 26 heavy (non-hydrogen) atoms. The molecule has 0 bridgehead atoms. The first-order valence-electron chi connectivity index (χ1n) is 8.14. The number of fused-ring (bicyclic) bond motifs is 1. The molecule has 2 N–H and O–H groups in total. The highest BCUT2D eigenvalue weighted by Crippen LogP contribution is 2.21. The molecule has 0 unspecified atom stereocenters. The number of thioether (sulfide) groups is 1. The zero-order valence-corrected chi connectivity index (χ0v) is 14.6. The van der Waals surface area contributed by atoms with Gasteiger partial charge in [0.05, 0.1) is 6.54 Å². The fourth-order valence-corrected chi connectivity index (χ4v) is 3.55. The average molecular weight is 364 g/mol. The van der Waals surface area contributed by atoms with Crippen molar-refractivity contribution in [3.63, 3.8) is 0 Å². The maximum atomic E-state index is 12.3. The summed E-state index contributed by atoms with van der Waals surface area (Å²) in [5, 5.41) is 0.613. The van der Waals surface area contributed by atoms with Crippen molar-refractivity contribution in [1.82, 2.24) is 19.5 Å². The van der Waals surface area contributed by atoms with Gasteiger partial charge in [-0.2, -0.15) is 0 Å². The number of aromatic nitrogens is 4. The summed E-state index contributed by atoms with van der Waals surface area (Å²) in [7, 11) is 0. The molecule has 2 heterocycles. The van der Waals surface area contributed by atoms with Gasteiger partial charge < -0.3 is 4.98 Å². The number of imidazole rings is 1.